The van der Waals surface area contributed by atoms with E-state index in [0.29, 0.717) is 23.5 Å². The Labute approximate surface area is 114 Å². The van der Waals surface area contributed by atoms with Crippen molar-refractivity contribution in [3.8, 4) is 11.3 Å². The highest BCUT2D eigenvalue weighted by molar-refractivity contribution is 5.71. The van der Waals surface area contributed by atoms with Gasteiger partial charge in [-0.1, -0.05) is 19.1 Å². The molecular weight excluding hydrogens is 269 g/mol. The Morgan fingerprint density at radius 2 is 1.80 bits per heavy atom. The van der Waals surface area contributed by atoms with Crippen LogP contribution in [0.5, 0.6) is 0 Å². The molecule has 4 nitrogen and oxygen atoms in total. The zero-order valence-electron chi connectivity index (χ0n) is 10.9. The van der Waals surface area contributed by atoms with Crippen molar-refractivity contribution in [1.82, 2.24) is 9.66 Å². The maximum Gasteiger partial charge on any atom is 0.416 e. The van der Waals surface area contributed by atoms with Gasteiger partial charge in [0.05, 0.1) is 5.56 Å². The molecule has 0 spiro atoms. The predicted octanol–water partition coefficient (Wildman–Crippen LogP) is 2.82. The van der Waals surface area contributed by atoms with Crippen LogP contribution in [0, 0.1) is 0 Å². The second kappa shape index (κ2) is 5.07. The van der Waals surface area contributed by atoms with E-state index in [2.05, 4.69) is 4.98 Å². The molecule has 1 heterocycles. The van der Waals surface area contributed by atoms with Gasteiger partial charge in [0.25, 0.3) is 0 Å². The third-order valence-electron chi connectivity index (χ3n) is 2.98. The van der Waals surface area contributed by atoms with Crippen LogP contribution in [-0.2, 0) is 12.6 Å². The van der Waals surface area contributed by atoms with Crippen molar-refractivity contribution in [1.29, 1.82) is 0 Å². The van der Waals surface area contributed by atoms with Crippen LogP contribution in [0.15, 0.2) is 24.3 Å². The number of halogens is 3. The number of nitrogens with two attached hydrogens (primary N) is 2. The van der Waals surface area contributed by atoms with Gasteiger partial charge >= 0.3 is 6.18 Å². The van der Waals surface area contributed by atoms with Crippen LogP contribution >= 0.6 is 0 Å². The minimum absolute atomic E-state index is 0.244. The number of hydrogen-bond donors (Lipinski definition) is 2. The summed E-state index contributed by atoms with van der Waals surface area (Å²) < 4.78 is 38.8. The number of alkyl halides is 3. The van der Waals surface area contributed by atoms with Crippen molar-refractivity contribution < 1.29 is 13.2 Å². The fourth-order valence-electron chi connectivity index (χ4n) is 1.92. The van der Waals surface area contributed by atoms with Gasteiger partial charge in [0, 0.05) is 12.0 Å². The van der Waals surface area contributed by atoms with Crippen LogP contribution < -0.4 is 11.6 Å². The number of anilines is 1. The van der Waals surface area contributed by atoms with Crippen molar-refractivity contribution in [2.24, 2.45) is 0 Å². The number of hydrogen-bond acceptors (Lipinski definition) is 3. The first kappa shape index (κ1) is 14.2. The fraction of sp³-hybridized carbons (Fsp3) is 0.308. The summed E-state index contributed by atoms with van der Waals surface area (Å²) in [5.41, 5.74) is 6.05. The third kappa shape index (κ3) is 2.56. The van der Waals surface area contributed by atoms with E-state index < -0.39 is 11.7 Å². The standard InChI is InChI=1S/C13H15F3N4/c1-2-3-10-19-11(12(17)20(10)18)8-4-6-9(7-5-8)13(14,15)16/h4-7H,2-3,17-18H2,1H3. The maximum atomic E-state index is 12.5. The number of benzene rings is 1. The summed E-state index contributed by atoms with van der Waals surface area (Å²) >= 11 is 0. The van der Waals surface area contributed by atoms with E-state index in [0.717, 1.165) is 18.6 Å². The minimum Gasteiger partial charge on any atom is -0.382 e. The minimum atomic E-state index is -4.36. The van der Waals surface area contributed by atoms with E-state index in [1.165, 1.54) is 16.8 Å². The Hall–Kier alpha value is -2.18. The molecule has 20 heavy (non-hydrogen) atoms. The molecule has 0 bridgehead atoms. The Morgan fingerprint density at radius 1 is 1.20 bits per heavy atom. The second-order valence-corrected chi connectivity index (χ2v) is 4.46. The number of imidazole rings is 1. The molecule has 0 unspecified atom stereocenters. The number of nitrogens with zero attached hydrogens (tertiary/aromatic N) is 2. The molecule has 0 aliphatic heterocycles. The summed E-state index contributed by atoms with van der Waals surface area (Å²) in [7, 11) is 0. The van der Waals surface area contributed by atoms with Crippen LogP contribution in [-0.4, -0.2) is 9.66 Å². The number of nitrogen functional groups attached to an aromatic ring is 2. The smallest absolute Gasteiger partial charge is 0.382 e. The molecule has 0 radical (unpaired) electrons. The highest BCUT2D eigenvalue weighted by Crippen LogP contribution is 2.32. The molecule has 0 saturated carbocycles. The number of aromatic nitrogens is 2. The molecular formula is C13H15F3N4. The monoisotopic (exact) mass is 284 g/mol. The second-order valence-electron chi connectivity index (χ2n) is 4.46. The lowest BCUT2D eigenvalue weighted by atomic mass is 10.1. The topological polar surface area (TPSA) is 69.9 Å². The first-order chi connectivity index (χ1) is 9.34. The molecule has 2 rings (SSSR count). The Morgan fingerprint density at radius 3 is 2.30 bits per heavy atom. The van der Waals surface area contributed by atoms with Gasteiger partial charge in [-0.15, -0.1) is 0 Å². The fourth-order valence-corrected chi connectivity index (χ4v) is 1.92. The molecule has 0 aliphatic rings. The van der Waals surface area contributed by atoms with Gasteiger partial charge in [0.1, 0.15) is 11.5 Å². The Bertz CT molecular complexity index is 599. The van der Waals surface area contributed by atoms with E-state index in [-0.39, 0.29) is 5.82 Å². The highest BCUT2D eigenvalue weighted by atomic mass is 19.4. The van der Waals surface area contributed by atoms with Crippen LogP contribution in [0.25, 0.3) is 11.3 Å². The van der Waals surface area contributed by atoms with E-state index in [1.54, 1.807) is 0 Å². The van der Waals surface area contributed by atoms with E-state index in [1.807, 2.05) is 6.92 Å². The van der Waals surface area contributed by atoms with Crippen LogP contribution in [0.3, 0.4) is 0 Å². The molecule has 0 fully saturated rings. The molecule has 0 saturated heterocycles. The largest absolute Gasteiger partial charge is 0.416 e. The molecule has 0 atom stereocenters. The Balaban J connectivity index is 2.39. The van der Waals surface area contributed by atoms with Crippen molar-refractivity contribution in [3.63, 3.8) is 0 Å². The highest BCUT2D eigenvalue weighted by Gasteiger charge is 2.30. The summed E-state index contributed by atoms with van der Waals surface area (Å²) in [5, 5.41) is 0. The molecule has 108 valence electrons. The number of rotatable bonds is 3. The lowest BCUT2D eigenvalue weighted by Crippen LogP contribution is -2.15. The molecule has 7 heteroatoms. The zero-order chi connectivity index (χ0) is 14.9. The molecule has 2 aromatic rings. The van der Waals surface area contributed by atoms with Crippen molar-refractivity contribution in [2.45, 2.75) is 25.9 Å². The summed E-state index contributed by atoms with van der Waals surface area (Å²) in [4.78, 5) is 4.29. The van der Waals surface area contributed by atoms with Gasteiger partial charge in [0.2, 0.25) is 0 Å². The van der Waals surface area contributed by atoms with Gasteiger partial charge in [-0.05, 0) is 18.6 Å². The van der Waals surface area contributed by atoms with Gasteiger partial charge in [0.15, 0.2) is 5.82 Å². The summed E-state index contributed by atoms with van der Waals surface area (Å²) in [6, 6.07) is 4.70. The summed E-state index contributed by atoms with van der Waals surface area (Å²) in [6.07, 6.45) is -2.86. The van der Waals surface area contributed by atoms with Gasteiger partial charge in [-0.2, -0.15) is 13.2 Å². The van der Waals surface area contributed by atoms with Gasteiger partial charge in [-0.25, -0.2) is 9.66 Å². The normalized spacial score (nSPS) is 11.8. The number of aryl methyl sites for hydroxylation is 1. The van der Waals surface area contributed by atoms with Crippen molar-refractivity contribution in [3.05, 3.63) is 35.7 Å². The van der Waals surface area contributed by atoms with E-state index >= 15 is 0 Å². The lowest BCUT2D eigenvalue weighted by Gasteiger charge is -2.07. The van der Waals surface area contributed by atoms with Gasteiger partial charge in [-0.3, -0.25) is 0 Å². The van der Waals surface area contributed by atoms with E-state index in [4.69, 9.17) is 11.6 Å². The SMILES string of the molecule is CCCc1nc(-c2ccc(C(F)(F)F)cc2)c(N)n1N. The molecule has 4 N–H and O–H groups in total. The van der Waals surface area contributed by atoms with E-state index in [9.17, 15) is 13.2 Å². The third-order valence-corrected chi connectivity index (χ3v) is 2.98. The molecule has 0 aliphatic carbocycles. The first-order valence-corrected chi connectivity index (χ1v) is 6.14. The average Bonchev–Trinajstić information content (AvgIpc) is 2.67. The molecule has 1 aromatic carbocycles. The first-order valence-electron chi connectivity index (χ1n) is 6.14. The van der Waals surface area contributed by atoms with Crippen LogP contribution in [0.4, 0.5) is 19.0 Å². The molecule has 0 amide bonds. The lowest BCUT2D eigenvalue weighted by molar-refractivity contribution is -0.137. The van der Waals surface area contributed by atoms with Crippen molar-refractivity contribution in [2.75, 3.05) is 11.6 Å². The average molecular weight is 284 g/mol. The van der Waals surface area contributed by atoms with Gasteiger partial charge < -0.3 is 11.6 Å². The summed E-state index contributed by atoms with van der Waals surface area (Å²) in [6.45, 7) is 1.97. The maximum absolute atomic E-state index is 12.5. The molecule has 1 aromatic heterocycles. The Kier molecular flexibility index (Phi) is 3.61. The zero-order valence-corrected chi connectivity index (χ0v) is 10.9. The predicted molar refractivity (Wildman–Crippen MR) is 71.2 cm³/mol. The van der Waals surface area contributed by atoms with Crippen LogP contribution in [0.2, 0.25) is 0 Å². The quantitative estimate of drug-likeness (QED) is 0.851. The summed E-state index contributed by atoms with van der Waals surface area (Å²) in [5.74, 6) is 6.63. The van der Waals surface area contributed by atoms with Crippen molar-refractivity contribution >= 4 is 5.82 Å². The van der Waals surface area contributed by atoms with Crippen LogP contribution in [0.1, 0.15) is 24.7 Å².